The minimum atomic E-state index is -0.428. The molecule has 0 atom stereocenters. The molecule has 0 spiro atoms. The van der Waals surface area contributed by atoms with Crippen molar-refractivity contribution in [2.24, 2.45) is 5.73 Å². The second-order valence-electron chi connectivity index (χ2n) is 4.04. The van der Waals surface area contributed by atoms with E-state index in [-0.39, 0.29) is 0 Å². The van der Waals surface area contributed by atoms with Crippen molar-refractivity contribution < 1.29 is 9.36 Å². The van der Waals surface area contributed by atoms with Gasteiger partial charge >= 0.3 is 0 Å². The van der Waals surface area contributed by atoms with Gasteiger partial charge in [-0.3, -0.25) is 4.79 Å². The van der Waals surface area contributed by atoms with Crippen molar-refractivity contribution in [3.05, 3.63) is 60.4 Å². The number of nitrogens with two attached hydrogens (primary N) is 1. The maximum absolute atomic E-state index is 11.4. The number of carbonyl (C=O) groups is 1. The number of aromatic nitrogens is 2. The van der Waals surface area contributed by atoms with E-state index in [1.54, 1.807) is 6.07 Å². The quantitative estimate of drug-likeness (QED) is 0.654. The lowest BCUT2D eigenvalue weighted by molar-refractivity contribution is -0.567. The molecule has 0 unspecified atom stereocenters. The molecule has 3 aromatic rings. The molecule has 18 heavy (non-hydrogen) atoms. The minimum absolute atomic E-state index is 0.428. The number of fused-ring (bicyclic) bond motifs is 1. The number of nitrogens with one attached hydrogen (secondary N) is 1. The van der Waals surface area contributed by atoms with Crippen molar-refractivity contribution >= 4 is 16.9 Å². The zero-order valence-corrected chi connectivity index (χ0v) is 9.63. The molecule has 0 saturated carbocycles. The Morgan fingerprint density at radius 2 is 1.83 bits per heavy atom. The summed E-state index contributed by atoms with van der Waals surface area (Å²) in [6.45, 7) is 0. The molecule has 0 bridgehead atoms. The van der Waals surface area contributed by atoms with Crippen LogP contribution in [0.25, 0.3) is 16.7 Å². The Labute approximate surface area is 104 Å². The van der Waals surface area contributed by atoms with Crippen molar-refractivity contribution in [1.82, 2.24) is 4.98 Å². The molecule has 1 heterocycles. The summed E-state index contributed by atoms with van der Waals surface area (Å²) in [5.41, 5.74) is 8.58. The van der Waals surface area contributed by atoms with E-state index >= 15 is 0 Å². The normalized spacial score (nSPS) is 10.7. The van der Waals surface area contributed by atoms with Crippen LogP contribution in [-0.2, 0) is 0 Å². The third-order valence-electron chi connectivity index (χ3n) is 2.94. The molecule has 88 valence electrons. The Morgan fingerprint density at radius 3 is 2.56 bits per heavy atom. The standard InChI is InChI=1S/C14H11N3O/c15-14(18)11-7-4-8-12-13(11)16-9-17(12)10-5-2-1-3-6-10/h1-9H,(H2,15,18)/p+1. The van der Waals surface area contributed by atoms with Crippen LogP contribution >= 0.6 is 0 Å². The average Bonchev–Trinajstić information content (AvgIpc) is 2.83. The maximum Gasteiger partial charge on any atom is 0.253 e. The first-order valence-electron chi connectivity index (χ1n) is 5.64. The number of benzene rings is 2. The molecule has 4 nitrogen and oxygen atoms in total. The number of hydrogen-bond acceptors (Lipinski definition) is 1. The highest BCUT2D eigenvalue weighted by Gasteiger charge is 2.16. The second kappa shape index (κ2) is 4.00. The van der Waals surface area contributed by atoms with Crippen LogP contribution in [0.4, 0.5) is 0 Å². The van der Waals surface area contributed by atoms with Gasteiger partial charge in [0.05, 0.1) is 5.56 Å². The summed E-state index contributed by atoms with van der Waals surface area (Å²) in [6.07, 6.45) is 1.83. The molecule has 0 aliphatic heterocycles. The summed E-state index contributed by atoms with van der Waals surface area (Å²) in [5, 5.41) is 0. The Bertz CT molecular complexity index is 716. The number of rotatable bonds is 2. The summed E-state index contributed by atoms with van der Waals surface area (Å²) < 4.78 is 1.99. The zero-order chi connectivity index (χ0) is 12.5. The molecule has 2 aromatic carbocycles. The third-order valence-corrected chi connectivity index (χ3v) is 2.94. The Balaban J connectivity index is 2.28. The number of carbonyl (C=O) groups excluding carboxylic acids is 1. The molecule has 1 amide bonds. The molecule has 0 aliphatic carbocycles. The smallest absolute Gasteiger partial charge is 0.253 e. The first-order valence-corrected chi connectivity index (χ1v) is 5.64. The first kappa shape index (κ1) is 10.5. The van der Waals surface area contributed by atoms with Crippen LogP contribution in [0.2, 0.25) is 0 Å². The highest BCUT2D eigenvalue weighted by Crippen LogP contribution is 2.14. The topological polar surface area (TPSA) is 62.8 Å². The molecule has 3 rings (SSSR count). The molecule has 1 aromatic heterocycles. The van der Waals surface area contributed by atoms with Gasteiger partial charge in [-0.1, -0.05) is 24.3 Å². The number of para-hydroxylation sites is 2. The number of aromatic amines is 1. The number of H-pyrrole nitrogens is 1. The van der Waals surface area contributed by atoms with Crippen LogP contribution in [0.5, 0.6) is 0 Å². The number of imidazole rings is 1. The predicted octanol–water partition coefficient (Wildman–Crippen LogP) is 1.54. The fourth-order valence-corrected chi connectivity index (χ4v) is 2.10. The second-order valence-corrected chi connectivity index (χ2v) is 4.04. The predicted molar refractivity (Wildman–Crippen MR) is 68.3 cm³/mol. The molecule has 0 saturated heterocycles. The van der Waals surface area contributed by atoms with Crippen LogP contribution in [0, 0.1) is 0 Å². The van der Waals surface area contributed by atoms with E-state index < -0.39 is 5.91 Å². The van der Waals surface area contributed by atoms with Crippen molar-refractivity contribution in [1.29, 1.82) is 0 Å². The highest BCUT2D eigenvalue weighted by molar-refractivity contribution is 6.03. The van der Waals surface area contributed by atoms with Crippen LogP contribution < -0.4 is 10.3 Å². The number of primary amides is 1. The minimum Gasteiger partial charge on any atom is -0.365 e. The van der Waals surface area contributed by atoms with Crippen molar-refractivity contribution in [3.63, 3.8) is 0 Å². The summed E-state index contributed by atoms with van der Waals surface area (Å²) >= 11 is 0. The van der Waals surface area contributed by atoms with Gasteiger partial charge in [-0.2, -0.15) is 4.57 Å². The lowest BCUT2D eigenvalue weighted by Gasteiger charge is -1.97. The van der Waals surface area contributed by atoms with Crippen LogP contribution in [-0.4, -0.2) is 10.9 Å². The summed E-state index contributed by atoms with van der Waals surface area (Å²) in [6, 6.07) is 15.4. The van der Waals surface area contributed by atoms with Gasteiger partial charge in [0.25, 0.3) is 5.91 Å². The van der Waals surface area contributed by atoms with E-state index in [4.69, 9.17) is 5.73 Å². The van der Waals surface area contributed by atoms with E-state index in [2.05, 4.69) is 4.98 Å². The molecule has 3 N–H and O–H groups in total. The molecule has 0 radical (unpaired) electrons. The molecule has 0 aliphatic rings. The Kier molecular flexibility index (Phi) is 2.34. The van der Waals surface area contributed by atoms with Crippen LogP contribution in [0.3, 0.4) is 0 Å². The molecular weight excluding hydrogens is 226 g/mol. The lowest BCUT2D eigenvalue weighted by atomic mass is 10.1. The van der Waals surface area contributed by atoms with E-state index in [9.17, 15) is 4.79 Å². The largest absolute Gasteiger partial charge is 0.365 e. The summed E-state index contributed by atoms with van der Waals surface area (Å²) in [7, 11) is 0. The van der Waals surface area contributed by atoms with Crippen LogP contribution in [0.15, 0.2) is 54.9 Å². The van der Waals surface area contributed by atoms with E-state index in [0.29, 0.717) is 5.56 Å². The SMILES string of the molecule is NC(=O)c1cccc2c1[nH]c[n+]2-c1ccccc1. The van der Waals surface area contributed by atoms with E-state index in [1.165, 1.54) is 0 Å². The monoisotopic (exact) mass is 238 g/mol. The van der Waals surface area contributed by atoms with Gasteiger partial charge in [0.15, 0.2) is 11.0 Å². The first-order chi connectivity index (χ1) is 8.77. The lowest BCUT2D eigenvalue weighted by Crippen LogP contribution is -2.28. The van der Waals surface area contributed by atoms with Crippen LogP contribution in [0.1, 0.15) is 10.4 Å². The van der Waals surface area contributed by atoms with Gasteiger partial charge in [-0.25, -0.2) is 4.98 Å². The van der Waals surface area contributed by atoms with Crippen molar-refractivity contribution in [2.45, 2.75) is 0 Å². The zero-order valence-electron chi connectivity index (χ0n) is 9.63. The van der Waals surface area contributed by atoms with Gasteiger partial charge in [-0.05, 0) is 24.3 Å². The summed E-state index contributed by atoms with van der Waals surface area (Å²) in [5.74, 6) is -0.428. The Morgan fingerprint density at radius 1 is 1.06 bits per heavy atom. The number of hydrogen-bond donors (Lipinski definition) is 2. The van der Waals surface area contributed by atoms with Gasteiger partial charge in [-0.15, -0.1) is 0 Å². The fraction of sp³-hybridized carbons (Fsp3) is 0. The van der Waals surface area contributed by atoms with Gasteiger partial charge < -0.3 is 5.73 Å². The third kappa shape index (κ3) is 1.55. The summed E-state index contributed by atoms with van der Waals surface area (Å²) in [4.78, 5) is 14.5. The van der Waals surface area contributed by atoms with Crippen molar-refractivity contribution in [2.75, 3.05) is 0 Å². The molecule has 4 heteroatoms. The van der Waals surface area contributed by atoms with Gasteiger partial charge in [0, 0.05) is 0 Å². The molecule has 0 fully saturated rings. The van der Waals surface area contributed by atoms with E-state index in [0.717, 1.165) is 16.7 Å². The van der Waals surface area contributed by atoms with Crippen molar-refractivity contribution in [3.8, 4) is 5.69 Å². The van der Waals surface area contributed by atoms with E-state index in [1.807, 2.05) is 53.4 Å². The number of amides is 1. The highest BCUT2D eigenvalue weighted by atomic mass is 16.1. The maximum atomic E-state index is 11.4. The fourth-order valence-electron chi connectivity index (χ4n) is 2.10. The average molecular weight is 238 g/mol. The van der Waals surface area contributed by atoms with Gasteiger partial charge in [0.2, 0.25) is 6.33 Å². The van der Waals surface area contributed by atoms with Gasteiger partial charge in [0.1, 0.15) is 5.69 Å². The Hall–Kier alpha value is -2.62. The molecular formula is C14H12N3O+. The number of nitrogens with zero attached hydrogens (tertiary/aromatic N) is 1.